The van der Waals surface area contributed by atoms with Gasteiger partial charge < -0.3 is 0 Å². The number of hydrogen-bond donors (Lipinski definition) is 0. The van der Waals surface area contributed by atoms with Gasteiger partial charge in [0.15, 0.2) is 0 Å². The van der Waals surface area contributed by atoms with Crippen molar-refractivity contribution in [3.05, 3.63) is 38.0 Å². The van der Waals surface area contributed by atoms with Crippen molar-refractivity contribution in [2.24, 2.45) is 0 Å². The van der Waals surface area contributed by atoms with Crippen LogP contribution in [0, 0.1) is 6.92 Å². The number of pyridine rings is 1. The summed E-state index contributed by atoms with van der Waals surface area (Å²) < 4.78 is 2.01. The second-order valence-electron chi connectivity index (χ2n) is 2.99. The van der Waals surface area contributed by atoms with Gasteiger partial charge >= 0.3 is 0 Å². The minimum absolute atomic E-state index is 0.544. The molecule has 0 atom stereocenters. The van der Waals surface area contributed by atoms with Gasteiger partial charge in [-0.3, -0.25) is 0 Å². The fourth-order valence-corrected chi connectivity index (χ4v) is 2.41. The van der Waals surface area contributed by atoms with E-state index in [-0.39, 0.29) is 0 Å². The zero-order chi connectivity index (χ0) is 10.3. The summed E-state index contributed by atoms with van der Waals surface area (Å²) in [6.07, 6.45) is 0. The first kappa shape index (κ1) is 10.4. The molecule has 1 heterocycles. The average Bonchev–Trinajstić information content (AvgIpc) is 2.14. The molecule has 0 saturated carbocycles. The quantitative estimate of drug-likeness (QED) is 0.635. The Hall–Kier alpha value is -0.120. The minimum Gasteiger partial charge on any atom is -0.240 e. The number of fused-ring (bicyclic) bond motifs is 1. The van der Waals surface area contributed by atoms with Crippen molar-refractivity contribution in [1.29, 1.82) is 0 Å². The highest BCUT2D eigenvalue weighted by molar-refractivity contribution is 9.11. The fourth-order valence-electron chi connectivity index (χ4n) is 1.33. The van der Waals surface area contributed by atoms with Gasteiger partial charge in [-0.2, -0.15) is 0 Å². The summed E-state index contributed by atoms with van der Waals surface area (Å²) in [6, 6.07) is 5.97. The molecule has 0 saturated heterocycles. The number of hydrogen-bond acceptors (Lipinski definition) is 1. The molecule has 1 aromatic carbocycles. The Morgan fingerprint density at radius 1 is 1.21 bits per heavy atom. The van der Waals surface area contributed by atoms with Gasteiger partial charge in [-0.25, -0.2) is 4.98 Å². The van der Waals surface area contributed by atoms with Crippen molar-refractivity contribution < 1.29 is 0 Å². The molecule has 0 radical (unpaired) electrons. The first-order chi connectivity index (χ1) is 6.59. The Kier molecular flexibility index (Phi) is 2.82. The van der Waals surface area contributed by atoms with Gasteiger partial charge in [-0.15, -0.1) is 0 Å². The highest BCUT2D eigenvalue weighted by Gasteiger charge is 2.07. The van der Waals surface area contributed by atoms with Crippen molar-refractivity contribution in [3.63, 3.8) is 0 Å². The molecule has 0 aliphatic heterocycles. The van der Waals surface area contributed by atoms with Gasteiger partial charge in [0.05, 0.1) is 5.69 Å². The number of aromatic nitrogens is 1. The van der Waals surface area contributed by atoms with E-state index in [0.717, 1.165) is 25.4 Å². The normalized spacial score (nSPS) is 10.9. The average molecular weight is 335 g/mol. The lowest BCUT2D eigenvalue weighted by Gasteiger charge is -2.05. The Morgan fingerprint density at radius 3 is 2.64 bits per heavy atom. The summed E-state index contributed by atoms with van der Waals surface area (Å²) in [5.74, 6) is 0. The smallest absolute Gasteiger partial charge is 0.137 e. The summed E-state index contributed by atoms with van der Waals surface area (Å²) in [4.78, 5) is 4.24. The van der Waals surface area contributed by atoms with E-state index >= 15 is 0 Å². The predicted molar refractivity (Wildman–Crippen MR) is 66.9 cm³/mol. The zero-order valence-electron chi connectivity index (χ0n) is 7.31. The van der Waals surface area contributed by atoms with E-state index in [1.54, 1.807) is 0 Å². The SMILES string of the molecule is Cc1nc(Cl)c2cc(Br)ccc2c1Br. The molecule has 0 bridgehead atoms. The van der Waals surface area contributed by atoms with Crippen LogP contribution in [-0.4, -0.2) is 4.98 Å². The van der Waals surface area contributed by atoms with Crippen LogP contribution >= 0.6 is 43.5 Å². The van der Waals surface area contributed by atoms with Crippen molar-refractivity contribution in [2.75, 3.05) is 0 Å². The molecule has 0 unspecified atom stereocenters. The van der Waals surface area contributed by atoms with E-state index in [9.17, 15) is 0 Å². The molecular formula is C10H6Br2ClN. The van der Waals surface area contributed by atoms with Crippen molar-refractivity contribution >= 4 is 54.2 Å². The van der Waals surface area contributed by atoms with Gasteiger partial charge in [0.2, 0.25) is 0 Å². The van der Waals surface area contributed by atoms with Crippen LogP contribution in [0.3, 0.4) is 0 Å². The van der Waals surface area contributed by atoms with Gasteiger partial charge in [0.1, 0.15) is 5.15 Å². The number of benzene rings is 1. The lowest BCUT2D eigenvalue weighted by Crippen LogP contribution is -1.87. The Bertz CT molecular complexity index is 511. The van der Waals surface area contributed by atoms with Gasteiger partial charge in [-0.1, -0.05) is 33.6 Å². The first-order valence-electron chi connectivity index (χ1n) is 4.00. The van der Waals surface area contributed by atoms with Crippen LogP contribution in [0.4, 0.5) is 0 Å². The summed E-state index contributed by atoms with van der Waals surface area (Å²) in [5.41, 5.74) is 0.907. The number of nitrogens with zero attached hydrogens (tertiary/aromatic N) is 1. The number of halogens is 3. The molecule has 4 heteroatoms. The largest absolute Gasteiger partial charge is 0.240 e. The summed E-state index contributed by atoms with van der Waals surface area (Å²) >= 11 is 13.0. The molecule has 0 N–H and O–H groups in total. The molecule has 0 fully saturated rings. The van der Waals surface area contributed by atoms with Crippen molar-refractivity contribution in [2.45, 2.75) is 6.92 Å². The second kappa shape index (κ2) is 3.80. The summed E-state index contributed by atoms with van der Waals surface area (Å²) in [5, 5.41) is 2.59. The summed E-state index contributed by atoms with van der Waals surface area (Å²) in [7, 11) is 0. The van der Waals surface area contributed by atoms with Crippen molar-refractivity contribution in [1.82, 2.24) is 4.98 Å². The molecule has 14 heavy (non-hydrogen) atoms. The van der Waals surface area contributed by atoms with Crippen LogP contribution in [0.1, 0.15) is 5.69 Å². The minimum atomic E-state index is 0.544. The zero-order valence-corrected chi connectivity index (χ0v) is 11.2. The molecule has 1 aromatic heterocycles. The van der Waals surface area contributed by atoms with Crippen LogP contribution in [0.25, 0.3) is 10.8 Å². The second-order valence-corrected chi connectivity index (χ2v) is 5.06. The van der Waals surface area contributed by atoms with Crippen LogP contribution in [0.2, 0.25) is 5.15 Å². The third kappa shape index (κ3) is 1.69. The third-order valence-electron chi connectivity index (χ3n) is 2.02. The molecular weight excluding hydrogens is 329 g/mol. The highest BCUT2D eigenvalue weighted by Crippen LogP contribution is 2.32. The summed E-state index contributed by atoms with van der Waals surface area (Å²) in [6.45, 7) is 1.93. The van der Waals surface area contributed by atoms with E-state index < -0.39 is 0 Å². The van der Waals surface area contributed by atoms with Crippen LogP contribution in [-0.2, 0) is 0 Å². The van der Waals surface area contributed by atoms with E-state index in [1.807, 2.05) is 25.1 Å². The third-order valence-corrected chi connectivity index (χ3v) is 3.81. The topological polar surface area (TPSA) is 12.9 Å². The molecule has 0 aliphatic carbocycles. The van der Waals surface area contributed by atoms with Gasteiger partial charge in [-0.05, 0) is 35.0 Å². The maximum absolute atomic E-state index is 6.05. The van der Waals surface area contributed by atoms with E-state index in [0.29, 0.717) is 5.15 Å². The molecule has 0 aliphatic rings. The van der Waals surface area contributed by atoms with Crippen LogP contribution in [0.5, 0.6) is 0 Å². The van der Waals surface area contributed by atoms with Crippen molar-refractivity contribution in [3.8, 4) is 0 Å². The van der Waals surface area contributed by atoms with Gasteiger partial charge in [0.25, 0.3) is 0 Å². The standard InChI is InChI=1S/C10H6Br2ClN/c1-5-9(12)7-3-2-6(11)4-8(7)10(13)14-5/h2-4H,1H3. The van der Waals surface area contributed by atoms with Crippen LogP contribution in [0.15, 0.2) is 27.1 Å². The highest BCUT2D eigenvalue weighted by atomic mass is 79.9. The molecule has 2 rings (SSSR count). The van der Waals surface area contributed by atoms with E-state index in [2.05, 4.69) is 36.8 Å². The Morgan fingerprint density at radius 2 is 1.93 bits per heavy atom. The van der Waals surface area contributed by atoms with E-state index in [1.165, 1.54) is 0 Å². The van der Waals surface area contributed by atoms with Crippen LogP contribution < -0.4 is 0 Å². The Labute approximate surface area is 104 Å². The Balaban J connectivity index is 2.94. The molecule has 1 nitrogen and oxygen atoms in total. The number of aryl methyl sites for hydroxylation is 1. The molecule has 2 aromatic rings. The first-order valence-corrected chi connectivity index (χ1v) is 5.97. The maximum atomic E-state index is 6.05. The fraction of sp³-hybridized carbons (Fsp3) is 0.100. The molecule has 72 valence electrons. The van der Waals surface area contributed by atoms with Gasteiger partial charge in [0, 0.05) is 19.7 Å². The number of rotatable bonds is 0. The molecule has 0 spiro atoms. The predicted octanol–water partition coefficient (Wildman–Crippen LogP) is 4.72. The lowest BCUT2D eigenvalue weighted by atomic mass is 10.1. The lowest BCUT2D eigenvalue weighted by molar-refractivity contribution is 1.21. The maximum Gasteiger partial charge on any atom is 0.137 e. The van der Waals surface area contributed by atoms with E-state index in [4.69, 9.17) is 11.6 Å². The monoisotopic (exact) mass is 333 g/mol. The molecule has 0 amide bonds.